The van der Waals surface area contributed by atoms with Gasteiger partial charge in [-0.25, -0.2) is 0 Å². The highest BCUT2D eigenvalue weighted by Crippen LogP contribution is 2.33. The lowest BCUT2D eigenvalue weighted by Gasteiger charge is -2.30. The number of hydrogen-bond acceptors (Lipinski definition) is 0. The summed E-state index contributed by atoms with van der Waals surface area (Å²) < 4.78 is 0. The molecular weight excluding hydrogens is 235 g/mol. The van der Waals surface area contributed by atoms with Crippen LogP contribution in [0.1, 0.15) is 91.9 Å². The summed E-state index contributed by atoms with van der Waals surface area (Å²) in [6, 6.07) is 0. The predicted octanol–water partition coefficient (Wildman–Crippen LogP) is 6.44. The van der Waals surface area contributed by atoms with Crippen LogP contribution < -0.4 is 0 Å². The minimum atomic E-state index is 0.858. The normalized spacial score (nSPS) is 15.0. The average Bonchev–Trinajstić information content (AvgIpc) is 2.38. The molecule has 0 saturated heterocycles. The molecule has 0 fully saturated rings. The third kappa shape index (κ3) is 7.78. The van der Waals surface area contributed by atoms with Gasteiger partial charge in [0.25, 0.3) is 0 Å². The lowest BCUT2D eigenvalue weighted by atomic mass is 9.81. The summed E-state index contributed by atoms with van der Waals surface area (Å²) in [4.78, 5) is 0. The summed E-state index contributed by atoms with van der Waals surface area (Å²) in [5.41, 5.74) is 0.858. The molecule has 0 spiro atoms. The van der Waals surface area contributed by atoms with Gasteiger partial charge in [0.05, 0.1) is 0 Å². The smallest absolute Gasteiger partial charge is 0.0233 e. The fraction of sp³-hybridized carbons (Fsp3) is 1.00. The van der Waals surface area contributed by atoms with Gasteiger partial charge >= 0.3 is 0 Å². The van der Waals surface area contributed by atoms with E-state index in [9.17, 15) is 0 Å². The summed E-state index contributed by atoms with van der Waals surface area (Å²) in [5, 5.41) is 0. The highest BCUT2D eigenvalue weighted by molar-refractivity contribution is 7.17. The van der Waals surface area contributed by atoms with Gasteiger partial charge in [0, 0.05) is 0 Å². The highest BCUT2D eigenvalue weighted by Gasteiger charge is 2.23. The van der Waals surface area contributed by atoms with Gasteiger partial charge < -0.3 is 0 Å². The summed E-state index contributed by atoms with van der Waals surface area (Å²) in [7, 11) is 3.17. The molecule has 0 aliphatic heterocycles. The van der Waals surface area contributed by atoms with Crippen molar-refractivity contribution < 1.29 is 0 Å². The molecule has 0 radical (unpaired) electrons. The van der Waals surface area contributed by atoms with Crippen molar-refractivity contribution >= 4 is 9.24 Å². The van der Waals surface area contributed by atoms with Crippen LogP contribution in [-0.4, -0.2) is 5.66 Å². The first-order valence-corrected chi connectivity index (χ1v) is 9.13. The van der Waals surface area contributed by atoms with E-state index >= 15 is 0 Å². The lowest BCUT2D eigenvalue weighted by Crippen LogP contribution is -2.23. The fourth-order valence-electron chi connectivity index (χ4n) is 3.22. The van der Waals surface area contributed by atoms with Crippen molar-refractivity contribution in [3.63, 3.8) is 0 Å². The molecule has 0 aromatic carbocycles. The van der Waals surface area contributed by atoms with Crippen LogP contribution in [0.2, 0.25) is 0 Å². The van der Waals surface area contributed by atoms with Crippen molar-refractivity contribution in [3.05, 3.63) is 0 Å². The maximum absolute atomic E-state index is 3.17. The molecule has 3 unspecified atom stereocenters. The third-order valence-electron chi connectivity index (χ3n) is 4.47. The molecule has 110 valence electrons. The van der Waals surface area contributed by atoms with Crippen molar-refractivity contribution in [1.29, 1.82) is 0 Å². The summed E-state index contributed by atoms with van der Waals surface area (Å²) in [5.74, 6) is 1.89. The molecule has 0 aliphatic rings. The Morgan fingerprint density at radius 1 is 0.722 bits per heavy atom. The van der Waals surface area contributed by atoms with Gasteiger partial charge in [0.2, 0.25) is 0 Å². The van der Waals surface area contributed by atoms with E-state index < -0.39 is 0 Å². The van der Waals surface area contributed by atoms with Gasteiger partial charge in [0.15, 0.2) is 0 Å². The molecule has 0 bridgehead atoms. The average molecular weight is 272 g/mol. The molecule has 0 amide bonds. The second-order valence-corrected chi connectivity index (χ2v) is 6.75. The van der Waals surface area contributed by atoms with Gasteiger partial charge in [-0.05, 0) is 30.3 Å². The van der Waals surface area contributed by atoms with E-state index in [-0.39, 0.29) is 0 Å². The molecular formula is C17H37P. The maximum Gasteiger partial charge on any atom is -0.0233 e. The molecule has 0 saturated carbocycles. The second kappa shape index (κ2) is 12.5. The van der Waals surface area contributed by atoms with Crippen LogP contribution in [-0.2, 0) is 0 Å². The van der Waals surface area contributed by atoms with E-state index in [0.29, 0.717) is 0 Å². The predicted molar refractivity (Wildman–Crippen MR) is 89.3 cm³/mol. The number of unbranched alkanes of at least 4 members (excludes halogenated alkanes) is 4. The Balaban J connectivity index is 4.00. The van der Waals surface area contributed by atoms with E-state index in [2.05, 4.69) is 36.9 Å². The molecule has 18 heavy (non-hydrogen) atoms. The minimum absolute atomic E-state index is 0.858. The van der Waals surface area contributed by atoms with Crippen LogP contribution in [0, 0.1) is 11.8 Å². The zero-order chi connectivity index (χ0) is 13.8. The van der Waals surface area contributed by atoms with Crippen LogP contribution in [0.4, 0.5) is 0 Å². The Hall–Kier alpha value is 0.430. The second-order valence-electron chi connectivity index (χ2n) is 5.90. The summed E-state index contributed by atoms with van der Waals surface area (Å²) >= 11 is 0. The standard InChI is InChI=1S/C17H37P/c1-5-9-10-11-12-14-17(18)16(13-6-2)15(7-3)8-4/h15-17H,5-14,18H2,1-4H3. The number of hydrogen-bond donors (Lipinski definition) is 0. The Morgan fingerprint density at radius 3 is 1.83 bits per heavy atom. The van der Waals surface area contributed by atoms with Gasteiger partial charge in [0.1, 0.15) is 0 Å². The zero-order valence-corrected chi connectivity index (χ0v) is 14.5. The van der Waals surface area contributed by atoms with Crippen molar-refractivity contribution in [2.45, 2.75) is 97.6 Å². The topological polar surface area (TPSA) is 0 Å². The van der Waals surface area contributed by atoms with Crippen molar-refractivity contribution in [3.8, 4) is 0 Å². The van der Waals surface area contributed by atoms with Crippen molar-refractivity contribution in [2.75, 3.05) is 0 Å². The molecule has 3 atom stereocenters. The van der Waals surface area contributed by atoms with Crippen LogP contribution in [0.25, 0.3) is 0 Å². The quantitative estimate of drug-likeness (QED) is 0.283. The van der Waals surface area contributed by atoms with E-state index in [4.69, 9.17) is 0 Å². The third-order valence-corrected chi connectivity index (χ3v) is 5.29. The summed E-state index contributed by atoms with van der Waals surface area (Å²) in [6.07, 6.45) is 14.0. The fourth-order valence-corrected chi connectivity index (χ4v) is 3.97. The Bertz CT molecular complexity index is 163. The molecule has 1 heteroatoms. The molecule has 0 N–H and O–H groups in total. The Morgan fingerprint density at radius 2 is 1.33 bits per heavy atom. The maximum atomic E-state index is 3.17. The van der Waals surface area contributed by atoms with Gasteiger partial charge in [-0.3, -0.25) is 0 Å². The van der Waals surface area contributed by atoms with Crippen LogP contribution in [0.15, 0.2) is 0 Å². The zero-order valence-electron chi connectivity index (χ0n) is 13.4. The first kappa shape index (κ1) is 18.4. The first-order valence-electron chi connectivity index (χ1n) is 8.46. The first-order chi connectivity index (χ1) is 8.71. The minimum Gasteiger partial charge on any atom is -0.134 e. The highest BCUT2D eigenvalue weighted by atomic mass is 31.0. The SMILES string of the molecule is CCCCCCCC(P)C(CCC)C(CC)CC. The van der Waals surface area contributed by atoms with E-state index in [0.717, 1.165) is 17.5 Å². The lowest BCUT2D eigenvalue weighted by molar-refractivity contribution is 0.275. The van der Waals surface area contributed by atoms with Crippen LogP contribution >= 0.6 is 9.24 Å². The molecule has 0 aromatic heterocycles. The van der Waals surface area contributed by atoms with Crippen LogP contribution in [0.5, 0.6) is 0 Å². The van der Waals surface area contributed by atoms with Gasteiger partial charge in [-0.2, -0.15) is 0 Å². The van der Waals surface area contributed by atoms with Gasteiger partial charge in [-0.15, -0.1) is 9.24 Å². The molecule has 0 aromatic rings. The molecule has 0 aliphatic carbocycles. The van der Waals surface area contributed by atoms with Crippen molar-refractivity contribution in [1.82, 2.24) is 0 Å². The van der Waals surface area contributed by atoms with Crippen LogP contribution in [0.3, 0.4) is 0 Å². The Kier molecular flexibility index (Phi) is 12.8. The number of rotatable bonds is 12. The van der Waals surface area contributed by atoms with E-state index in [1.807, 2.05) is 0 Å². The molecule has 0 heterocycles. The summed E-state index contributed by atoms with van der Waals surface area (Å²) in [6.45, 7) is 9.38. The van der Waals surface area contributed by atoms with E-state index in [1.54, 1.807) is 0 Å². The molecule has 0 rings (SSSR count). The molecule has 0 nitrogen and oxygen atoms in total. The van der Waals surface area contributed by atoms with Gasteiger partial charge in [-0.1, -0.05) is 79.1 Å². The monoisotopic (exact) mass is 272 g/mol. The van der Waals surface area contributed by atoms with E-state index in [1.165, 1.54) is 64.2 Å². The Labute approximate surface area is 119 Å². The van der Waals surface area contributed by atoms with Crippen molar-refractivity contribution in [2.24, 2.45) is 11.8 Å². The largest absolute Gasteiger partial charge is 0.134 e.